The maximum atomic E-state index is 11.5. The van der Waals surface area contributed by atoms with Crippen LogP contribution in [0.3, 0.4) is 0 Å². The predicted octanol–water partition coefficient (Wildman–Crippen LogP) is 2.64. The van der Waals surface area contributed by atoms with Crippen LogP contribution in [0.2, 0.25) is 0 Å². The Morgan fingerprint density at radius 3 is 2.48 bits per heavy atom. The average Bonchev–Trinajstić information content (AvgIpc) is 2.58. The molecule has 9 heteroatoms. The van der Waals surface area contributed by atoms with Gasteiger partial charge in [-0.3, -0.25) is 20.2 Å². The number of nitrogens with zero attached hydrogens (tertiary/aromatic N) is 3. The van der Waals surface area contributed by atoms with Gasteiger partial charge in [0.2, 0.25) is 0 Å². The van der Waals surface area contributed by atoms with Crippen molar-refractivity contribution in [1.82, 2.24) is 4.98 Å². The van der Waals surface area contributed by atoms with E-state index in [0.29, 0.717) is 29.3 Å². The lowest BCUT2D eigenvalue weighted by Crippen LogP contribution is -2.13. The van der Waals surface area contributed by atoms with Crippen molar-refractivity contribution in [3.05, 3.63) is 43.1 Å². The van der Waals surface area contributed by atoms with E-state index in [1.807, 2.05) is 0 Å². The summed E-state index contributed by atoms with van der Waals surface area (Å²) in [5.41, 5.74) is 2.25. The summed E-state index contributed by atoms with van der Waals surface area (Å²) < 4.78 is 0. The minimum absolute atomic E-state index is 0.0193. The third kappa shape index (κ3) is 2.86. The molecule has 0 saturated heterocycles. The molecule has 0 fully saturated rings. The SMILES string of the molecule is Cc1nc2c3c(c([N+](=O)[O-])cc2c(NCCO)c1[N+](=O)[O-])CCCC3. The molecular weight excluding hydrogens is 328 g/mol. The number of aromatic nitrogens is 1. The van der Waals surface area contributed by atoms with Gasteiger partial charge in [-0.15, -0.1) is 0 Å². The van der Waals surface area contributed by atoms with Gasteiger partial charge in [-0.1, -0.05) is 0 Å². The second kappa shape index (κ2) is 6.60. The zero-order chi connectivity index (χ0) is 18.1. The zero-order valence-corrected chi connectivity index (χ0v) is 13.7. The fourth-order valence-electron chi connectivity index (χ4n) is 3.50. The monoisotopic (exact) mass is 346 g/mol. The smallest absolute Gasteiger partial charge is 0.313 e. The van der Waals surface area contributed by atoms with Crippen molar-refractivity contribution in [1.29, 1.82) is 0 Å². The van der Waals surface area contributed by atoms with Crippen molar-refractivity contribution in [2.75, 3.05) is 18.5 Å². The predicted molar refractivity (Wildman–Crippen MR) is 92.0 cm³/mol. The lowest BCUT2D eigenvalue weighted by molar-refractivity contribution is -0.385. The Labute approximate surface area is 143 Å². The summed E-state index contributed by atoms with van der Waals surface area (Å²) in [5, 5.41) is 35.3. The van der Waals surface area contributed by atoms with Crippen LogP contribution in [0.1, 0.15) is 29.7 Å². The first-order valence-corrected chi connectivity index (χ1v) is 8.08. The number of aryl methyl sites for hydroxylation is 2. The van der Waals surface area contributed by atoms with Gasteiger partial charge in [0.15, 0.2) is 0 Å². The van der Waals surface area contributed by atoms with Crippen molar-refractivity contribution in [3.8, 4) is 0 Å². The highest BCUT2D eigenvalue weighted by atomic mass is 16.6. The molecule has 3 rings (SSSR count). The van der Waals surface area contributed by atoms with Crippen LogP contribution in [0.5, 0.6) is 0 Å². The summed E-state index contributed by atoms with van der Waals surface area (Å²) in [6, 6.07) is 1.37. The van der Waals surface area contributed by atoms with Gasteiger partial charge in [-0.25, -0.2) is 4.98 Å². The molecule has 0 saturated carbocycles. The number of nitro benzene ring substituents is 1. The molecule has 1 aromatic carbocycles. The van der Waals surface area contributed by atoms with Gasteiger partial charge in [0.25, 0.3) is 5.69 Å². The van der Waals surface area contributed by atoms with Crippen molar-refractivity contribution in [2.45, 2.75) is 32.6 Å². The number of nitrogens with one attached hydrogen (secondary N) is 1. The molecule has 2 aromatic rings. The highest BCUT2D eigenvalue weighted by Crippen LogP contribution is 2.41. The van der Waals surface area contributed by atoms with Crippen LogP contribution in [-0.2, 0) is 12.8 Å². The van der Waals surface area contributed by atoms with E-state index in [2.05, 4.69) is 10.3 Å². The van der Waals surface area contributed by atoms with Crippen LogP contribution < -0.4 is 5.32 Å². The quantitative estimate of drug-likeness (QED) is 0.628. The fraction of sp³-hybridized carbons (Fsp3) is 0.438. The van der Waals surface area contributed by atoms with Gasteiger partial charge in [-0.05, 0) is 38.2 Å². The highest BCUT2D eigenvalue weighted by molar-refractivity contribution is 6.00. The van der Waals surface area contributed by atoms with E-state index in [4.69, 9.17) is 5.11 Å². The molecule has 0 atom stereocenters. The molecular formula is C16H18N4O5. The Morgan fingerprint density at radius 1 is 1.20 bits per heavy atom. The van der Waals surface area contributed by atoms with Crippen molar-refractivity contribution < 1.29 is 15.0 Å². The van der Waals surface area contributed by atoms with E-state index in [1.54, 1.807) is 6.92 Å². The third-order valence-corrected chi connectivity index (χ3v) is 4.52. The zero-order valence-electron chi connectivity index (χ0n) is 13.7. The second-order valence-corrected chi connectivity index (χ2v) is 6.04. The topological polar surface area (TPSA) is 131 Å². The number of pyridine rings is 1. The molecule has 0 radical (unpaired) electrons. The molecule has 1 aromatic heterocycles. The van der Waals surface area contributed by atoms with Gasteiger partial charge >= 0.3 is 5.69 Å². The second-order valence-electron chi connectivity index (χ2n) is 6.04. The summed E-state index contributed by atoms with van der Waals surface area (Å²) >= 11 is 0. The number of nitro groups is 2. The molecule has 132 valence electrons. The summed E-state index contributed by atoms with van der Waals surface area (Å²) in [6.07, 6.45) is 3.05. The molecule has 9 nitrogen and oxygen atoms in total. The highest BCUT2D eigenvalue weighted by Gasteiger charge is 2.29. The van der Waals surface area contributed by atoms with Crippen LogP contribution in [0, 0.1) is 27.2 Å². The van der Waals surface area contributed by atoms with Crippen LogP contribution in [0.4, 0.5) is 17.1 Å². The molecule has 1 aliphatic carbocycles. The Morgan fingerprint density at radius 2 is 1.88 bits per heavy atom. The van der Waals surface area contributed by atoms with E-state index in [0.717, 1.165) is 18.4 Å². The van der Waals surface area contributed by atoms with Crippen LogP contribution in [0.25, 0.3) is 10.9 Å². The summed E-state index contributed by atoms with van der Waals surface area (Å²) in [4.78, 5) is 26.4. The van der Waals surface area contributed by atoms with Crippen LogP contribution in [-0.4, -0.2) is 33.1 Å². The number of hydrogen-bond acceptors (Lipinski definition) is 7. The number of aliphatic hydroxyl groups is 1. The molecule has 0 aliphatic heterocycles. The Kier molecular flexibility index (Phi) is 4.49. The summed E-state index contributed by atoms with van der Waals surface area (Å²) in [7, 11) is 0. The Hall–Kier alpha value is -2.81. The molecule has 1 aliphatic rings. The van der Waals surface area contributed by atoms with Gasteiger partial charge in [0.1, 0.15) is 11.4 Å². The van der Waals surface area contributed by atoms with Gasteiger partial charge in [0, 0.05) is 23.6 Å². The molecule has 25 heavy (non-hydrogen) atoms. The van der Waals surface area contributed by atoms with Crippen molar-refractivity contribution in [3.63, 3.8) is 0 Å². The Bertz CT molecular complexity index is 881. The number of fused-ring (bicyclic) bond motifs is 3. The first-order chi connectivity index (χ1) is 12.0. The van der Waals surface area contributed by atoms with Crippen molar-refractivity contribution in [2.24, 2.45) is 0 Å². The largest absolute Gasteiger partial charge is 0.395 e. The first kappa shape index (κ1) is 17.0. The number of rotatable bonds is 5. The van der Waals surface area contributed by atoms with Gasteiger partial charge in [-0.2, -0.15) is 0 Å². The van der Waals surface area contributed by atoms with Crippen LogP contribution >= 0.6 is 0 Å². The maximum absolute atomic E-state index is 11.5. The van der Waals surface area contributed by atoms with Gasteiger partial charge < -0.3 is 10.4 Å². The van der Waals surface area contributed by atoms with E-state index in [9.17, 15) is 20.2 Å². The first-order valence-electron chi connectivity index (χ1n) is 8.08. The lowest BCUT2D eigenvalue weighted by atomic mass is 9.87. The Balaban J connectivity index is 2.42. The van der Waals surface area contributed by atoms with E-state index in [1.165, 1.54) is 6.07 Å². The molecule has 1 heterocycles. The number of hydrogen-bond donors (Lipinski definition) is 2. The maximum Gasteiger partial charge on any atom is 0.313 e. The average molecular weight is 346 g/mol. The molecule has 0 bridgehead atoms. The minimum atomic E-state index is -0.549. The van der Waals surface area contributed by atoms with Crippen molar-refractivity contribution >= 4 is 28.0 Å². The molecule has 2 N–H and O–H groups in total. The summed E-state index contributed by atoms with van der Waals surface area (Å²) in [6.45, 7) is 1.44. The molecule has 0 spiro atoms. The van der Waals surface area contributed by atoms with E-state index >= 15 is 0 Å². The number of aliphatic hydroxyl groups excluding tert-OH is 1. The summed E-state index contributed by atoms with van der Waals surface area (Å²) in [5.74, 6) is 0. The van der Waals surface area contributed by atoms with E-state index in [-0.39, 0.29) is 35.9 Å². The van der Waals surface area contributed by atoms with E-state index < -0.39 is 9.85 Å². The van der Waals surface area contributed by atoms with Crippen LogP contribution in [0.15, 0.2) is 6.07 Å². The number of anilines is 1. The fourth-order valence-corrected chi connectivity index (χ4v) is 3.50. The standard InChI is InChI=1S/C16H18N4O5/c1-9-16(20(24)25)15(17-6-7-21)12-8-13(19(22)23)10-4-2-3-5-11(10)14(12)18-9/h8,21H,2-7H2,1H3,(H,17,18). The molecule has 0 unspecified atom stereocenters. The lowest BCUT2D eigenvalue weighted by Gasteiger charge is -2.19. The number of benzene rings is 1. The molecule has 0 amide bonds. The normalized spacial score (nSPS) is 13.5. The van der Waals surface area contributed by atoms with Gasteiger partial charge in [0.05, 0.1) is 22.0 Å². The third-order valence-electron chi connectivity index (χ3n) is 4.52. The minimum Gasteiger partial charge on any atom is -0.395 e.